The van der Waals surface area contributed by atoms with Gasteiger partial charge in [-0.25, -0.2) is 13.1 Å². The van der Waals surface area contributed by atoms with Gasteiger partial charge in [0.05, 0.1) is 21.1 Å². The monoisotopic (exact) mass is 451 g/mol. The van der Waals surface area contributed by atoms with E-state index in [-0.39, 0.29) is 0 Å². The SMILES string of the molecule is Cc1c2ccccc2nn1-c1cc(N2CCc3cc(S(C)(=O)=O)ccc3C2)ccc1Cl. The molecule has 0 atom stereocenters. The summed E-state index contributed by atoms with van der Waals surface area (Å²) < 4.78 is 25.6. The smallest absolute Gasteiger partial charge is 0.175 e. The number of aromatic nitrogens is 2. The maximum absolute atomic E-state index is 11.9. The molecule has 0 aliphatic carbocycles. The van der Waals surface area contributed by atoms with Crippen molar-refractivity contribution in [3.05, 3.63) is 82.5 Å². The fourth-order valence-electron chi connectivity index (χ4n) is 4.24. The first kappa shape index (κ1) is 20.1. The molecule has 3 aromatic carbocycles. The molecule has 1 aromatic heterocycles. The number of anilines is 1. The topological polar surface area (TPSA) is 55.2 Å². The molecule has 0 saturated heterocycles. The molecule has 0 N–H and O–H groups in total. The number of fused-ring (bicyclic) bond motifs is 2. The highest BCUT2D eigenvalue weighted by molar-refractivity contribution is 7.90. The van der Waals surface area contributed by atoms with Gasteiger partial charge in [-0.1, -0.05) is 35.9 Å². The quantitative estimate of drug-likeness (QED) is 0.442. The van der Waals surface area contributed by atoms with Gasteiger partial charge in [-0.3, -0.25) is 0 Å². The van der Waals surface area contributed by atoms with Crippen LogP contribution in [0.2, 0.25) is 5.02 Å². The van der Waals surface area contributed by atoms with Crippen LogP contribution >= 0.6 is 11.6 Å². The summed E-state index contributed by atoms with van der Waals surface area (Å²) in [5.41, 5.74) is 6.16. The van der Waals surface area contributed by atoms with Crippen molar-refractivity contribution in [2.24, 2.45) is 0 Å². The van der Waals surface area contributed by atoms with E-state index in [1.54, 1.807) is 6.07 Å². The van der Waals surface area contributed by atoms with Gasteiger partial charge in [0.2, 0.25) is 0 Å². The zero-order valence-electron chi connectivity index (χ0n) is 17.3. The fraction of sp³-hybridized carbons (Fsp3) is 0.208. The highest BCUT2D eigenvalue weighted by atomic mass is 35.5. The van der Waals surface area contributed by atoms with E-state index in [4.69, 9.17) is 16.7 Å². The highest BCUT2D eigenvalue weighted by Crippen LogP contribution is 2.32. The second-order valence-corrected chi connectivity index (χ2v) is 10.4. The lowest BCUT2D eigenvalue weighted by Gasteiger charge is -2.31. The number of halogens is 1. The summed E-state index contributed by atoms with van der Waals surface area (Å²) in [6.07, 6.45) is 2.04. The standard InChI is InChI=1S/C24H22ClN3O2S/c1-16-21-5-3-4-6-23(21)26-28(16)24-14-19(8-10-22(24)25)27-12-11-17-13-20(31(2,29)30)9-7-18(17)15-27/h3-10,13-14H,11-12,15H2,1-2H3. The van der Waals surface area contributed by atoms with Gasteiger partial charge in [-0.2, -0.15) is 5.10 Å². The Hall–Kier alpha value is -2.83. The van der Waals surface area contributed by atoms with E-state index in [0.717, 1.165) is 58.6 Å². The van der Waals surface area contributed by atoms with E-state index in [1.165, 1.54) is 6.26 Å². The average molecular weight is 452 g/mol. The lowest BCUT2D eigenvalue weighted by atomic mass is 9.99. The predicted octanol–water partition coefficient (Wildman–Crippen LogP) is 4.95. The molecule has 7 heteroatoms. The van der Waals surface area contributed by atoms with Crippen molar-refractivity contribution in [2.75, 3.05) is 17.7 Å². The van der Waals surface area contributed by atoms with Crippen molar-refractivity contribution in [3.63, 3.8) is 0 Å². The van der Waals surface area contributed by atoms with Gasteiger partial charge in [0.25, 0.3) is 0 Å². The number of hydrogen-bond acceptors (Lipinski definition) is 4. The number of benzene rings is 3. The molecule has 0 unspecified atom stereocenters. The summed E-state index contributed by atoms with van der Waals surface area (Å²) in [7, 11) is -3.20. The Labute approximate surface area is 186 Å². The Kier molecular flexibility index (Phi) is 4.79. The third-order valence-corrected chi connectivity index (χ3v) is 7.39. The van der Waals surface area contributed by atoms with E-state index < -0.39 is 9.84 Å². The van der Waals surface area contributed by atoms with Crippen LogP contribution in [0.25, 0.3) is 16.6 Å². The Morgan fingerprint density at radius 1 is 1.00 bits per heavy atom. The third kappa shape index (κ3) is 3.60. The second-order valence-electron chi connectivity index (χ2n) is 8.02. The molecule has 0 fully saturated rings. The maximum Gasteiger partial charge on any atom is 0.175 e. The Balaban J connectivity index is 1.50. The minimum absolute atomic E-state index is 0.384. The Morgan fingerprint density at radius 3 is 2.58 bits per heavy atom. The molecule has 4 aromatic rings. The first-order valence-corrected chi connectivity index (χ1v) is 12.4. The molecular formula is C24H22ClN3O2S. The van der Waals surface area contributed by atoms with E-state index >= 15 is 0 Å². The van der Waals surface area contributed by atoms with E-state index in [2.05, 4.69) is 24.0 Å². The molecule has 0 bridgehead atoms. The molecule has 31 heavy (non-hydrogen) atoms. The van der Waals surface area contributed by atoms with Crippen LogP contribution in [-0.2, 0) is 22.8 Å². The second kappa shape index (κ2) is 7.39. The molecule has 0 spiro atoms. The van der Waals surface area contributed by atoms with Crippen molar-refractivity contribution in [1.82, 2.24) is 9.78 Å². The van der Waals surface area contributed by atoms with E-state index in [0.29, 0.717) is 9.92 Å². The molecule has 0 amide bonds. The summed E-state index contributed by atoms with van der Waals surface area (Å²) >= 11 is 6.57. The van der Waals surface area contributed by atoms with Crippen LogP contribution in [0.4, 0.5) is 5.69 Å². The lowest BCUT2D eigenvalue weighted by Crippen LogP contribution is -2.30. The predicted molar refractivity (Wildman–Crippen MR) is 125 cm³/mol. The van der Waals surface area contributed by atoms with E-state index in [9.17, 15) is 8.42 Å². The van der Waals surface area contributed by atoms with Gasteiger partial charge in [-0.15, -0.1) is 0 Å². The normalized spacial score (nSPS) is 14.1. The number of aryl methyl sites for hydroxylation is 1. The van der Waals surface area contributed by atoms with Gasteiger partial charge < -0.3 is 4.90 Å². The minimum atomic E-state index is -3.20. The molecule has 158 valence electrons. The molecule has 0 radical (unpaired) electrons. The van der Waals surface area contributed by atoms with Gasteiger partial charge in [0.15, 0.2) is 9.84 Å². The van der Waals surface area contributed by atoms with Crippen LogP contribution in [0.5, 0.6) is 0 Å². The molecule has 0 saturated carbocycles. The largest absolute Gasteiger partial charge is 0.367 e. The van der Waals surface area contributed by atoms with Crippen LogP contribution in [0, 0.1) is 6.92 Å². The fourth-order valence-corrected chi connectivity index (χ4v) is 5.11. The van der Waals surface area contributed by atoms with Crippen LogP contribution in [0.1, 0.15) is 16.8 Å². The molecule has 5 nitrogen and oxygen atoms in total. The molecular weight excluding hydrogens is 430 g/mol. The van der Waals surface area contributed by atoms with E-state index in [1.807, 2.05) is 47.1 Å². The van der Waals surface area contributed by atoms with Gasteiger partial charge in [0.1, 0.15) is 0 Å². The van der Waals surface area contributed by atoms with Crippen LogP contribution < -0.4 is 4.90 Å². The van der Waals surface area contributed by atoms with Crippen LogP contribution in [0.15, 0.2) is 65.6 Å². The average Bonchev–Trinajstić information content (AvgIpc) is 3.09. The molecule has 1 aliphatic heterocycles. The summed E-state index contributed by atoms with van der Waals surface area (Å²) in [4.78, 5) is 2.68. The number of nitrogens with zero attached hydrogens (tertiary/aromatic N) is 3. The molecule has 5 rings (SSSR count). The first-order chi connectivity index (χ1) is 14.8. The summed E-state index contributed by atoms with van der Waals surface area (Å²) in [5.74, 6) is 0. The number of rotatable bonds is 3. The first-order valence-electron chi connectivity index (χ1n) is 10.1. The minimum Gasteiger partial charge on any atom is -0.367 e. The zero-order valence-corrected chi connectivity index (χ0v) is 18.9. The van der Waals surface area contributed by atoms with Crippen LogP contribution in [0.3, 0.4) is 0 Å². The Bertz CT molecular complexity index is 1430. The lowest BCUT2D eigenvalue weighted by molar-refractivity contribution is 0.601. The van der Waals surface area contributed by atoms with Crippen molar-refractivity contribution in [1.29, 1.82) is 0 Å². The van der Waals surface area contributed by atoms with Crippen LogP contribution in [-0.4, -0.2) is 31.0 Å². The van der Waals surface area contributed by atoms with Crippen molar-refractivity contribution in [2.45, 2.75) is 24.8 Å². The third-order valence-electron chi connectivity index (χ3n) is 5.96. The van der Waals surface area contributed by atoms with Crippen molar-refractivity contribution < 1.29 is 8.42 Å². The summed E-state index contributed by atoms with van der Waals surface area (Å²) in [6, 6.07) is 19.5. The molecule has 2 heterocycles. The summed E-state index contributed by atoms with van der Waals surface area (Å²) in [6.45, 7) is 3.58. The maximum atomic E-state index is 11.9. The number of hydrogen-bond donors (Lipinski definition) is 0. The van der Waals surface area contributed by atoms with Gasteiger partial charge in [0, 0.05) is 36.1 Å². The Morgan fingerprint density at radius 2 is 1.81 bits per heavy atom. The molecule has 1 aliphatic rings. The van der Waals surface area contributed by atoms with Gasteiger partial charge >= 0.3 is 0 Å². The summed E-state index contributed by atoms with van der Waals surface area (Å²) in [5, 5.41) is 6.51. The van der Waals surface area contributed by atoms with Crippen molar-refractivity contribution in [3.8, 4) is 5.69 Å². The zero-order chi connectivity index (χ0) is 21.8. The number of sulfone groups is 1. The van der Waals surface area contributed by atoms with Crippen molar-refractivity contribution >= 4 is 38.0 Å². The highest BCUT2D eigenvalue weighted by Gasteiger charge is 2.20. The van der Waals surface area contributed by atoms with Gasteiger partial charge in [-0.05, 0) is 60.9 Å².